The zero-order valence-corrected chi connectivity index (χ0v) is 11.7. The van der Waals surface area contributed by atoms with Crippen LogP contribution in [-0.2, 0) is 0 Å². The van der Waals surface area contributed by atoms with Crippen molar-refractivity contribution in [3.8, 4) is 0 Å². The van der Waals surface area contributed by atoms with E-state index in [1.807, 2.05) is 45.9 Å². The van der Waals surface area contributed by atoms with Crippen LogP contribution in [0.3, 0.4) is 0 Å². The van der Waals surface area contributed by atoms with Gasteiger partial charge in [-0.15, -0.1) is 0 Å². The molecule has 0 heterocycles. The van der Waals surface area contributed by atoms with Gasteiger partial charge in [0.05, 0.1) is 0 Å². The second-order valence-corrected chi connectivity index (χ2v) is 5.16. The van der Waals surface area contributed by atoms with E-state index in [1.165, 1.54) is 0 Å². The predicted octanol–water partition coefficient (Wildman–Crippen LogP) is 2.58. The highest BCUT2D eigenvalue weighted by Gasteiger charge is 2.24. The van der Waals surface area contributed by atoms with E-state index in [0.29, 0.717) is 12.0 Å². The molecule has 3 heteroatoms. The zero-order chi connectivity index (χ0) is 13.8. The third kappa shape index (κ3) is 3.57. The van der Waals surface area contributed by atoms with Crippen LogP contribution in [-0.4, -0.2) is 23.2 Å². The summed E-state index contributed by atoms with van der Waals surface area (Å²) in [5, 5.41) is 12.1. The van der Waals surface area contributed by atoms with Crippen molar-refractivity contribution in [1.82, 2.24) is 5.32 Å². The van der Waals surface area contributed by atoms with Gasteiger partial charge in [0.15, 0.2) is 0 Å². The molecule has 0 saturated carbocycles. The largest absolute Gasteiger partial charge is 0.396 e. The molecular formula is C15H23NO2. The molecule has 100 valence electrons. The fraction of sp³-hybridized carbons (Fsp3) is 0.533. The molecule has 0 radical (unpaired) electrons. The summed E-state index contributed by atoms with van der Waals surface area (Å²) in [6.07, 6.45) is 1.37. The normalized spacial score (nSPS) is 14.1. The Balaban J connectivity index is 2.90. The predicted molar refractivity (Wildman–Crippen MR) is 73.8 cm³/mol. The van der Waals surface area contributed by atoms with Crippen LogP contribution in [0, 0.1) is 13.8 Å². The van der Waals surface area contributed by atoms with E-state index in [9.17, 15) is 4.79 Å². The minimum atomic E-state index is -0.345. The molecule has 1 rings (SSSR count). The summed E-state index contributed by atoms with van der Waals surface area (Å²) in [4.78, 5) is 12.3. The number of amides is 1. The van der Waals surface area contributed by atoms with E-state index in [4.69, 9.17) is 5.11 Å². The molecule has 2 N–H and O–H groups in total. The van der Waals surface area contributed by atoms with E-state index < -0.39 is 0 Å². The molecule has 18 heavy (non-hydrogen) atoms. The first-order valence-electron chi connectivity index (χ1n) is 6.42. The number of hydrogen-bond donors (Lipinski definition) is 2. The van der Waals surface area contributed by atoms with Crippen LogP contribution in [0.4, 0.5) is 0 Å². The molecule has 1 amide bonds. The maximum absolute atomic E-state index is 12.3. The third-order valence-electron chi connectivity index (χ3n) is 3.50. The Hall–Kier alpha value is -1.35. The summed E-state index contributed by atoms with van der Waals surface area (Å²) in [6.45, 7) is 7.97. The summed E-state index contributed by atoms with van der Waals surface area (Å²) in [6, 6.07) is 5.86. The summed E-state index contributed by atoms with van der Waals surface area (Å²) in [5.41, 5.74) is 2.42. The standard InChI is InChI=1S/C15H23NO2/c1-5-15(4,8-9-17)16-14(18)13-10-11(2)6-7-12(13)3/h6-7,10,17H,5,8-9H2,1-4H3,(H,16,18). The third-order valence-corrected chi connectivity index (χ3v) is 3.50. The zero-order valence-electron chi connectivity index (χ0n) is 11.7. The fourth-order valence-electron chi connectivity index (χ4n) is 1.90. The first-order chi connectivity index (χ1) is 8.41. The van der Waals surface area contributed by atoms with E-state index in [1.54, 1.807) is 0 Å². The molecule has 1 aromatic carbocycles. The first-order valence-corrected chi connectivity index (χ1v) is 6.42. The van der Waals surface area contributed by atoms with Gasteiger partial charge < -0.3 is 10.4 Å². The lowest BCUT2D eigenvalue weighted by Gasteiger charge is -2.29. The lowest BCUT2D eigenvalue weighted by molar-refractivity contribution is 0.0885. The van der Waals surface area contributed by atoms with Gasteiger partial charge >= 0.3 is 0 Å². The highest BCUT2D eigenvalue weighted by molar-refractivity contribution is 5.96. The van der Waals surface area contributed by atoms with E-state index >= 15 is 0 Å². The Labute approximate surface area is 109 Å². The quantitative estimate of drug-likeness (QED) is 0.842. The van der Waals surface area contributed by atoms with Crippen molar-refractivity contribution in [3.05, 3.63) is 34.9 Å². The second kappa shape index (κ2) is 6.01. The fourth-order valence-corrected chi connectivity index (χ4v) is 1.90. The average molecular weight is 249 g/mol. The molecule has 1 aromatic rings. The lowest BCUT2D eigenvalue weighted by Crippen LogP contribution is -2.46. The topological polar surface area (TPSA) is 49.3 Å². The first kappa shape index (κ1) is 14.7. The maximum atomic E-state index is 12.3. The number of carbonyl (C=O) groups is 1. The van der Waals surface area contributed by atoms with Crippen molar-refractivity contribution in [3.63, 3.8) is 0 Å². The van der Waals surface area contributed by atoms with Crippen LogP contribution < -0.4 is 5.32 Å². The van der Waals surface area contributed by atoms with Crippen LogP contribution in [0.25, 0.3) is 0 Å². The summed E-state index contributed by atoms with van der Waals surface area (Å²) < 4.78 is 0. The average Bonchev–Trinajstić information content (AvgIpc) is 2.32. The summed E-state index contributed by atoms with van der Waals surface area (Å²) >= 11 is 0. The maximum Gasteiger partial charge on any atom is 0.251 e. The SMILES string of the molecule is CCC(C)(CCO)NC(=O)c1cc(C)ccc1C. The van der Waals surface area contributed by atoms with Crippen LogP contribution in [0.1, 0.15) is 48.2 Å². The Morgan fingerprint density at radius 1 is 1.39 bits per heavy atom. The molecule has 1 unspecified atom stereocenters. The van der Waals surface area contributed by atoms with Crippen molar-refractivity contribution in [2.75, 3.05) is 6.61 Å². The number of hydrogen-bond acceptors (Lipinski definition) is 2. The Morgan fingerprint density at radius 3 is 2.61 bits per heavy atom. The van der Waals surface area contributed by atoms with Crippen molar-refractivity contribution < 1.29 is 9.90 Å². The molecule has 0 fully saturated rings. The monoisotopic (exact) mass is 249 g/mol. The molecule has 3 nitrogen and oxygen atoms in total. The van der Waals surface area contributed by atoms with Crippen LogP contribution in [0.15, 0.2) is 18.2 Å². The van der Waals surface area contributed by atoms with Gasteiger partial charge in [-0.25, -0.2) is 0 Å². The van der Waals surface area contributed by atoms with Gasteiger partial charge in [-0.3, -0.25) is 4.79 Å². The molecule has 0 saturated heterocycles. The number of nitrogens with one attached hydrogen (secondary N) is 1. The van der Waals surface area contributed by atoms with E-state index in [2.05, 4.69) is 5.32 Å². The highest BCUT2D eigenvalue weighted by Crippen LogP contribution is 2.17. The van der Waals surface area contributed by atoms with Gasteiger partial charge in [0, 0.05) is 17.7 Å². The summed E-state index contributed by atoms with van der Waals surface area (Å²) in [7, 11) is 0. The molecular weight excluding hydrogens is 226 g/mol. The van der Waals surface area contributed by atoms with Gasteiger partial charge in [0.2, 0.25) is 0 Å². The van der Waals surface area contributed by atoms with E-state index in [0.717, 1.165) is 17.5 Å². The number of rotatable bonds is 5. The molecule has 0 bridgehead atoms. The number of aliphatic hydroxyl groups is 1. The number of aliphatic hydroxyl groups excluding tert-OH is 1. The Kier molecular flexibility index (Phi) is 4.91. The van der Waals surface area contributed by atoms with Crippen LogP contribution >= 0.6 is 0 Å². The number of benzene rings is 1. The highest BCUT2D eigenvalue weighted by atomic mass is 16.3. The summed E-state index contributed by atoms with van der Waals surface area (Å²) in [5.74, 6) is -0.0611. The Morgan fingerprint density at radius 2 is 2.06 bits per heavy atom. The van der Waals surface area contributed by atoms with Gasteiger partial charge in [0.1, 0.15) is 0 Å². The van der Waals surface area contributed by atoms with Crippen LogP contribution in [0.5, 0.6) is 0 Å². The van der Waals surface area contributed by atoms with Gasteiger partial charge in [-0.05, 0) is 45.2 Å². The molecule has 1 atom stereocenters. The smallest absolute Gasteiger partial charge is 0.251 e. The minimum absolute atomic E-state index is 0.0611. The molecule has 0 aliphatic rings. The molecule has 0 spiro atoms. The van der Waals surface area contributed by atoms with Crippen molar-refractivity contribution in [2.45, 2.75) is 46.1 Å². The molecule has 0 aromatic heterocycles. The minimum Gasteiger partial charge on any atom is -0.396 e. The Bertz CT molecular complexity index is 429. The van der Waals surface area contributed by atoms with Crippen molar-refractivity contribution >= 4 is 5.91 Å². The van der Waals surface area contributed by atoms with Gasteiger partial charge in [-0.1, -0.05) is 24.6 Å². The van der Waals surface area contributed by atoms with Crippen molar-refractivity contribution in [2.24, 2.45) is 0 Å². The van der Waals surface area contributed by atoms with Crippen molar-refractivity contribution in [1.29, 1.82) is 0 Å². The van der Waals surface area contributed by atoms with E-state index in [-0.39, 0.29) is 18.1 Å². The second-order valence-electron chi connectivity index (χ2n) is 5.16. The lowest BCUT2D eigenvalue weighted by atomic mass is 9.94. The van der Waals surface area contributed by atoms with Gasteiger partial charge in [-0.2, -0.15) is 0 Å². The molecule has 0 aliphatic heterocycles. The van der Waals surface area contributed by atoms with Gasteiger partial charge in [0.25, 0.3) is 5.91 Å². The number of carbonyl (C=O) groups excluding carboxylic acids is 1. The molecule has 0 aliphatic carbocycles. The van der Waals surface area contributed by atoms with Crippen LogP contribution in [0.2, 0.25) is 0 Å². The number of aryl methyl sites for hydroxylation is 2.